The van der Waals surface area contributed by atoms with Gasteiger partial charge in [-0.05, 0) is 69.1 Å². The maximum absolute atomic E-state index is 15.7. The van der Waals surface area contributed by atoms with Crippen LogP contribution >= 0.6 is 11.3 Å². The smallest absolute Gasteiger partial charge is 0.327 e. The Kier molecular flexibility index (Phi) is 5.09. The molecule has 2 aromatic heterocycles. The van der Waals surface area contributed by atoms with Gasteiger partial charge in [0.25, 0.3) is 12.0 Å². The molecule has 170 valence electrons. The second-order valence-electron chi connectivity index (χ2n) is 8.96. The number of H-pyrrole nitrogens is 1. The summed E-state index contributed by atoms with van der Waals surface area (Å²) in [6, 6.07) is 1.62. The normalized spacial score (nSPS) is 19.5. The molecule has 0 saturated heterocycles. The van der Waals surface area contributed by atoms with E-state index >= 15 is 4.39 Å². The number of hydrogen-bond acceptors (Lipinski definition) is 4. The fourth-order valence-electron chi connectivity index (χ4n) is 5.13. The Balaban J connectivity index is 1.87. The van der Waals surface area contributed by atoms with E-state index in [0.29, 0.717) is 23.3 Å². The van der Waals surface area contributed by atoms with E-state index in [1.165, 1.54) is 15.9 Å². The number of nitrogens with zero attached hydrogens (tertiary/aromatic N) is 1. The van der Waals surface area contributed by atoms with Gasteiger partial charge in [0.1, 0.15) is 5.82 Å². The van der Waals surface area contributed by atoms with Crippen LogP contribution < -0.4 is 17.0 Å². The van der Waals surface area contributed by atoms with E-state index in [2.05, 4.69) is 4.98 Å². The fourth-order valence-corrected chi connectivity index (χ4v) is 6.50. The van der Waals surface area contributed by atoms with Gasteiger partial charge in [0, 0.05) is 27.4 Å². The molecule has 3 aromatic rings. The molecule has 1 fully saturated rings. The molecule has 2 aliphatic carbocycles. The molecule has 3 N–H and O–H groups in total. The number of halogens is 3. The van der Waals surface area contributed by atoms with Crippen LogP contribution in [0.3, 0.4) is 0 Å². The van der Waals surface area contributed by atoms with Crippen molar-refractivity contribution < 1.29 is 13.2 Å². The molecular weight excluding hydrogens is 439 g/mol. The summed E-state index contributed by atoms with van der Waals surface area (Å²) in [5, 5.41) is -0.431. The van der Waals surface area contributed by atoms with Crippen LogP contribution in [0.25, 0.3) is 21.3 Å². The predicted molar refractivity (Wildman–Crippen MR) is 119 cm³/mol. The summed E-state index contributed by atoms with van der Waals surface area (Å²) in [5.41, 5.74) is 5.17. The van der Waals surface area contributed by atoms with Crippen LogP contribution in [0.15, 0.2) is 15.7 Å². The van der Waals surface area contributed by atoms with Crippen LogP contribution in [0.2, 0.25) is 0 Å². The van der Waals surface area contributed by atoms with E-state index < -0.39 is 34.4 Å². The van der Waals surface area contributed by atoms with Crippen LogP contribution in [0.5, 0.6) is 0 Å². The Morgan fingerprint density at radius 1 is 1.25 bits per heavy atom. The van der Waals surface area contributed by atoms with Gasteiger partial charge in [-0.15, -0.1) is 11.3 Å². The van der Waals surface area contributed by atoms with Crippen LogP contribution in [-0.2, 0) is 6.42 Å². The number of fused-ring (bicyclic) bond motifs is 2. The lowest BCUT2D eigenvalue weighted by molar-refractivity contribution is 0.148. The van der Waals surface area contributed by atoms with Crippen LogP contribution in [0.1, 0.15) is 72.6 Å². The Morgan fingerprint density at radius 3 is 2.59 bits per heavy atom. The highest BCUT2D eigenvalue weighted by molar-refractivity contribution is 7.15. The van der Waals surface area contributed by atoms with E-state index in [0.717, 1.165) is 29.7 Å². The van der Waals surface area contributed by atoms with Crippen molar-refractivity contribution in [3.05, 3.63) is 54.3 Å². The van der Waals surface area contributed by atoms with E-state index in [-0.39, 0.29) is 29.1 Å². The fraction of sp³-hybridized carbons (Fsp3) is 0.478. The van der Waals surface area contributed by atoms with Crippen molar-refractivity contribution in [3.63, 3.8) is 0 Å². The molecule has 2 atom stereocenters. The third kappa shape index (κ3) is 3.16. The second-order valence-corrected chi connectivity index (χ2v) is 10.1. The van der Waals surface area contributed by atoms with Gasteiger partial charge in [0.15, 0.2) is 0 Å². The first-order chi connectivity index (χ1) is 15.2. The molecular formula is C23H24F3N3O2S. The van der Waals surface area contributed by atoms with Crippen LogP contribution in [0.4, 0.5) is 13.2 Å². The monoisotopic (exact) mass is 463 g/mol. The lowest BCUT2D eigenvalue weighted by Crippen LogP contribution is -2.31. The maximum atomic E-state index is 15.7. The summed E-state index contributed by atoms with van der Waals surface area (Å²) in [4.78, 5) is 28.9. The number of nitrogens with one attached hydrogen (secondary N) is 1. The molecule has 0 amide bonds. The quantitative estimate of drug-likeness (QED) is 0.577. The summed E-state index contributed by atoms with van der Waals surface area (Å²) in [5.74, 6) is -0.956. The average Bonchev–Trinajstić information content (AvgIpc) is 3.45. The zero-order valence-corrected chi connectivity index (χ0v) is 18.6. The highest BCUT2D eigenvalue weighted by Gasteiger charge is 2.34. The molecule has 0 radical (unpaired) electrons. The summed E-state index contributed by atoms with van der Waals surface area (Å²) in [7, 11) is 0. The van der Waals surface area contributed by atoms with Crippen molar-refractivity contribution in [2.75, 3.05) is 0 Å². The van der Waals surface area contributed by atoms with Gasteiger partial charge in [-0.25, -0.2) is 18.0 Å². The molecule has 0 bridgehead atoms. The minimum atomic E-state index is -3.20. The first-order valence-electron chi connectivity index (χ1n) is 10.9. The lowest BCUT2D eigenvalue weighted by atomic mass is 9.83. The van der Waals surface area contributed by atoms with Crippen molar-refractivity contribution in [1.29, 1.82) is 0 Å². The number of aromatic amines is 1. The zero-order chi connectivity index (χ0) is 22.9. The van der Waals surface area contributed by atoms with E-state index in [1.807, 2.05) is 13.0 Å². The molecule has 1 saturated carbocycles. The molecule has 5 nitrogen and oxygen atoms in total. The number of rotatable bonds is 4. The van der Waals surface area contributed by atoms with Gasteiger partial charge in [0.05, 0.1) is 16.5 Å². The van der Waals surface area contributed by atoms with Crippen molar-refractivity contribution in [3.8, 4) is 10.4 Å². The largest absolute Gasteiger partial charge is 0.329 e. The third-order valence-electron chi connectivity index (χ3n) is 6.77. The SMILES string of the molecule is Cc1c(-c2cc3c(s2)CCCC3C(C)N)c(F)c(C(F)F)c2c(=O)[nH]c(=O)n(C3CC3)c12. The zero-order valence-electron chi connectivity index (χ0n) is 17.8. The Hall–Kier alpha value is -2.39. The minimum Gasteiger partial charge on any atom is -0.327 e. The van der Waals surface area contributed by atoms with Crippen LogP contribution in [0, 0.1) is 12.7 Å². The average molecular weight is 464 g/mol. The van der Waals surface area contributed by atoms with Gasteiger partial charge >= 0.3 is 5.69 Å². The number of thiophene rings is 1. The van der Waals surface area contributed by atoms with E-state index in [1.54, 1.807) is 6.92 Å². The maximum Gasteiger partial charge on any atom is 0.329 e. The second kappa shape index (κ2) is 7.59. The molecule has 32 heavy (non-hydrogen) atoms. The molecule has 2 heterocycles. The number of alkyl halides is 2. The highest BCUT2D eigenvalue weighted by atomic mass is 32.1. The van der Waals surface area contributed by atoms with Gasteiger partial charge in [-0.1, -0.05) is 0 Å². The first kappa shape index (κ1) is 21.5. The minimum absolute atomic E-state index is 0.0509. The van der Waals surface area contributed by atoms with Crippen molar-refractivity contribution in [2.24, 2.45) is 5.73 Å². The molecule has 0 spiro atoms. The van der Waals surface area contributed by atoms with Gasteiger partial charge in [0.2, 0.25) is 0 Å². The van der Waals surface area contributed by atoms with Gasteiger partial charge < -0.3 is 5.73 Å². The molecule has 2 aliphatic rings. The summed E-state index contributed by atoms with van der Waals surface area (Å²) in [6.07, 6.45) is 0.956. The molecule has 1 aromatic carbocycles. The number of hydrogen-bond donors (Lipinski definition) is 2. The highest BCUT2D eigenvalue weighted by Crippen LogP contribution is 2.47. The summed E-state index contributed by atoms with van der Waals surface area (Å²) < 4.78 is 45.3. The van der Waals surface area contributed by atoms with Crippen molar-refractivity contribution in [1.82, 2.24) is 9.55 Å². The molecule has 5 rings (SSSR count). The molecule has 9 heteroatoms. The van der Waals surface area contributed by atoms with E-state index in [4.69, 9.17) is 5.73 Å². The van der Waals surface area contributed by atoms with E-state index in [9.17, 15) is 18.4 Å². The van der Waals surface area contributed by atoms with Crippen LogP contribution in [-0.4, -0.2) is 15.6 Å². The number of aromatic nitrogens is 2. The standard InChI is InChI=1S/C23H24F3N3O2S/c1-9-16(15-8-13-12(10(2)27)4-3-5-14(13)32-15)19(24)17(21(25)26)18-20(9)29(11-6-7-11)23(31)28-22(18)30/h8,10-12,21H,3-7,27H2,1-2H3,(H,28,30,31). The Morgan fingerprint density at radius 2 is 1.97 bits per heavy atom. The summed E-state index contributed by atoms with van der Waals surface area (Å²) >= 11 is 1.39. The van der Waals surface area contributed by atoms with Crippen molar-refractivity contribution >= 4 is 22.2 Å². The molecule has 2 unspecified atom stereocenters. The predicted octanol–water partition coefficient (Wildman–Crippen LogP) is 4.91. The lowest BCUT2D eigenvalue weighted by Gasteiger charge is -2.25. The molecule has 0 aliphatic heterocycles. The van der Waals surface area contributed by atoms with Gasteiger partial charge in [-0.3, -0.25) is 14.3 Å². The number of nitrogens with two attached hydrogens (primary N) is 1. The first-order valence-corrected chi connectivity index (χ1v) is 11.7. The Bertz CT molecular complexity index is 1350. The third-order valence-corrected chi connectivity index (χ3v) is 8.00. The number of benzene rings is 1. The van der Waals surface area contributed by atoms with Crippen molar-refractivity contribution in [2.45, 2.75) is 70.4 Å². The topological polar surface area (TPSA) is 80.9 Å². The summed E-state index contributed by atoms with van der Waals surface area (Å²) in [6.45, 7) is 3.55. The number of aryl methyl sites for hydroxylation is 2. The van der Waals surface area contributed by atoms with Gasteiger partial charge in [-0.2, -0.15) is 0 Å². The Labute approximate surface area is 186 Å².